The number of amides is 1. The number of carbonyl (C=O) groups is 1. The molecule has 0 saturated carbocycles. The normalized spacial score (nSPS) is 11.9. The van der Waals surface area contributed by atoms with Crippen LogP contribution in [0.3, 0.4) is 0 Å². The van der Waals surface area contributed by atoms with E-state index in [1.54, 1.807) is 17.4 Å². The molecule has 1 amide bonds. The molecule has 6 heteroatoms. The highest BCUT2D eigenvalue weighted by Crippen LogP contribution is 2.16. The lowest BCUT2D eigenvalue weighted by Gasteiger charge is -2.07. The Kier molecular flexibility index (Phi) is 7.17. The van der Waals surface area contributed by atoms with Gasteiger partial charge in [0.1, 0.15) is 18.4 Å². The van der Waals surface area contributed by atoms with Crippen LogP contribution in [0.2, 0.25) is 0 Å². The maximum Gasteiger partial charge on any atom is 0.245 e. The van der Waals surface area contributed by atoms with Crippen molar-refractivity contribution in [2.24, 2.45) is 0 Å². The van der Waals surface area contributed by atoms with Gasteiger partial charge in [-0.05, 0) is 37.1 Å². The molecule has 0 radical (unpaired) electrons. The van der Waals surface area contributed by atoms with Crippen LogP contribution in [0.15, 0.2) is 35.7 Å². The number of nitrogens with zero attached hydrogens (tertiary/aromatic N) is 2. The lowest BCUT2D eigenvalue weighted by atomic mass is 10.2. The third-order valence-corrected chi connectivity index (χ3v) is 4.23. The second kappa shape index (κ2) is 9.60. The molecule has 2 aromatic rings. The molecule has 25 heavy (non-hydrogen) atoms. The number of rotatable bonds is 8. The van der Waals surface area contributed by atoms with Crippen LogP contribution >= 0.6 is 11.3 Å². The largest absolute Gasteiger partial charge is 0.487 e. The Labute approximate surface area is 152 Å². The van der Waals surface area contributed by atoms with Gasteiger partial charge >= 0.3 is 0 Å². The number of nitriles is 1. The van der Waals surface area contributed by atoms with Gasteiger partial charge in [-0.1, -0.05) is 25.5 Å². The Bertz CT molecular complexity index is 760. The van der Waals surface area contributed by atoms with E-state index in [-0.39, 0.29) is 5.91 Å². The third-order valence-electron chi connectivity index (χ3n) is 3.41. The van der Waals surface area contributed by atoms with Crippen molar-refractivity contribution in [2.45, 2.75) is 39.3 Å². The van der Waals surface area contributed by atoms with Crippen LogP contribution in [0.1, 0.15) is 36.0 Å². The van der Waals surface area contributed by atoms with Gasteiger partial charge in [0.05, 0.1) is 16.8 Å². The Balaban J connectivity index is 1.84. The molecule has 0 aliphatic rings. The standard InChI is InChI=1S/C19H21N3O2S/c1-3-4-16(11-20)22-19(23)10-7-15-5-8-18(9-6-15)24-12-17-13-25-14(2)21-17/h5-10,13,16H,3-4,12H2,1-2H3,(H,22,23)/b10-7+. The van der Waals surface area contributed by atoms with E-state index in [0.29, 0.717) is 13.0 Å². The topological polar surface area (TPSA) is 75.0 Å². The van der Waals surface area contributed by atoms with Crippen molar-refractivity contribution >= 4 is 23.3 Å². The fourth-order valence-electron chi connectivity index (χ4n) is 2.16. The number of hydrogen-bond donors (Lipinski definition) is 1. The first-order valence-electron chi connectivity index (χ1n) is 8.12. The molecule has 1 aromatic carbocycles. The van der Waals surface area contributed by atoms with Crippen molar-refractivity contribution < 1.29 is 9.53 Å². The van der Waals surface area contributed by atoms with Crippen LogP contribution < -0.4 is 10.1 Å². The molecule has 0 aliphatic heterocycles. The first-order chi connectivity index (χ1) is 12.1. The van der Waals surface area contributed by atoms with Gasteiger partial charge in [-0.15, -0.1) is 11.3 Å². The van der Waals surface area contributed by atoms with E-state index in [9.17, 15) is 4.79 Å². The summed E-state index contributed by atoms with van der Waals surface area (Å²) in [5.41, 5.74) is 1.80. The van der Waals surface area contributed by atoms with E-state index >= 15 is 0 Å². The van der Waals surface area contributed by atoms with E-state index in [1.165, 1.54) is 6.08 Å². The number of ether oxygens (including phenoxy) is 1. The minimum Gasteiger partial charge on any atom is -0.487 e. The predicted octanol–water partition coefficient (Wildman–Crippen LogP) is 3.85. The third kappa shape index (κ3) is 6.40. The van der Waals surface area contributed by atoms with Gasteiger partial charge in [-0.25, -0.2) is 4.98 Å². The molecule has 1 heterocycles. The average Bonchev–Trinajstić information content (AvgIpc) is 3.04. The number of aromatic nitrogens is 1. The van der Waals surface area contributed by atoms with Crippen molar-refractivity contribution in [3.8, 4) is 11.8 Å². The van der Waals surface area contributed by atoms with Gasteiger partial charge in [0.25, 0.3) is 0 Å². The summed E-state index contributed by atoms with van der Waals surface area (Å²) in [5, 5.41) is 14.6. The van der Waals surface area contributed by atoms with Crippen LogP contribution in [-0.4, -0.2) is 16.9 Å². The predicted molar refractivity (Wildman–Crippen MR) is 99.1 cm³/mol. The smallest absolute Gasteiger partial charge is 0.245 e. The molecule has 5 nitrogen and oxygen atoms in total. The molecule has 1 unspecified atom stereocenters. The zero-order valence-corrected chi connectivity index (χ0v) is 15.2. The SMILES string of the molecule is CCCC(C#N)NC(=O)/C=C/c1ccc(OCc2csc(C)n2)cc1. The van der Waals surface area contributed by atoms with Gasteiger partial charge in [-0.2, -0.15) is 5.26 Å². The number of nitrogens with one attached hydrogen (secondary N) is 1. The van der Waals surface area contributed by atoms with Gasteiger partial charge in [-0.3, -0.25) is 4.79 Å². The van der Waals surface area contributed by atoms with Gasteiger partial charge < -0.3 is 10.1 Å². The molecule has 1 N–H and O–H groups in total. The van der Waals surface area contributed by atoms with Crippen LogP contribution in [0.4, 0.5) is 0 Å². The second-order valence-electron chi connectivity index (χ2n) is 5.53. The molecule has 0 bridgehead atoms. The monoisotopic (exact) mass is 355 g/mol. The summed E-state index contributed by atoms with van der Waals surface area (Å²) in [6.45, 7) is 4.38. The van der Waals surface area contributed by atoms with Crippen molar-refractivity contribution in [3.63, 3.8) is 0 Å². The first kappa shape index (κ1) is 18.7. The number of benzene rings is 1. The van der Waals surface area contributed by atoms with E-state index in [2.05, 4.69) is 16.4 Å². The van der Waals surface area contributed by atoms with Gasteiger partial charge in [0.2, 0.25) is 5.91 Å². The van der Waals surface area contributed by atoms with Gasteiger partial charge in [0.15, 0.2) is 0 Å². The molecule has 0 spiro atoms. The Morgan fingerprint density at radius 2 is 2.20 bits per heavy atom. The highest BCUT2D eigenvalue weighted by molar-refractivity contribution is 7.09. The van der Waals surface area contributed by atoms with Crippen LogP contribution in [0, 0.1) is 18.3 Å². The highest BCUT2D eigenvalue weighted by Gasteiger charge is 2.07. The van der Waals surface area contributed by atoms with Crippen molar-refractivity contribution in [3.05, 3.63) is 52.0 Å². The van der Waals surface area contributed by atoms with Crippen molar-refractivity contribution in [2.75, 3.05) is 0 Å². The fourth-order valence-corrected chi connectivity index (χ4v) is 2.75. The van der Waals surface area contributed by atoms with E-state index < -0.39 is 6.04 Å². The number of thiazole rings is 1. The lowest BCUT2D eigenvalue weighted by molar-refractivity contribution is -0.116. The molecule has 1 atom stereocenters. The van der Waals surface area contributed by atoms with Crippen LogP contribution in [-0.2, 0) is 11.4 Å². The van der Waals surface area contributed by atoms with E-state index in [0.717, 1.165) is 28.4 Å². The van der Waals surface area contributed by atoms with Crippen molar-refractivity contribution in [1.82, 2.24) is 10.3 Å². The summed E-state index contributed by atoms with van der Waals surface area (Å²) in [4.78, 5) is 16.2. The average molecular weight is 355 g/mol. The zero-order valence-electron chi connectivity index (χ0n) is 14.4. The summed E-state index contributed by atoms with van der Waals surface area (Å²) in [5.74, 6) is 0.485. The highest BCUT2D eigenvalue weighted by atomic mass is 32.1. The Morgan fingerprint density at radius 3 is 2.80 bits per heavy atom. The minimum atomic E-state index is -0.438. The maximum absolute atomic E-state index is 11.8. The minimum absolute atomic E-state index is 0.265. The molecule has 0 saturated heterocycles. The second-order valence-corrected chi connectivity index (χ2v) is 6.59. The van der Waals surface area contributed by atoms with Crippen molar-refractivity contribution in [1.29, 1.82) is 5.26 Å². The number of carbonyl (C=O) groups excluding carboxylic acids is 1. The summed E-state index contributed by atoms with van der Waals surface area (Å²) >= 11 is 1.60. The molecule has 1 aromatic heterocycles. The summed E-state index contributed by atoms with van der Waals surface area (Å²) in [7, 11) is 0. The number of hydrogen-bond acceptors (Lipinski definition) is 5. The molecule has 0 aliphatic carbocycles. The Morgan fingerprint density at radius 1 is 1.44 bits per heavy atom. The molecule has 130 valence electrons. The van der Waals surface area contributed by atoms with Crippen LogP contribution in [0.25, 0.3) is 6.08 Å². The van der Waals surface area contributed by atoms with Crippen LogP contribution in [0.5, 0.6) is 5.75 Å². The molecular weight excluding hydrogens is 334 g/mol. The zero-order chi connectivity index (χ0) is 18.1. The quantitative estimate of drug-likeness (QED) is 0.730. The molecular formula is C19H21N3O2S. The summed E-state index contributed by atoms with van der Waals surface area (Å²) in [6.07, 6.45) is 4.65. The molecule has 2 rings (SSSR count). The first-order valence-corrected chi connectivity index (χ1v) is 9.00. The van der Waals surface area contributed by atoms with Gasteiger partial charge in [0, 0.05) is 11.5 Å². The maximum atomic E-state index is 11.8. The lowest BCUT2D eigenvalue weighted by Crippen LogP contribution is -2.32. The summed E-state index contributed by atoms with van der Waals surface area (Å²) in [6, 6.07) is 9.10. The van der Waals surface area contributed by atoms with E-state index in [4.69, 9.17) is 10.00 Å². The molecule has 0 fully saturated rings. The Hall–Kier alpha value is -2.65. The van der Waals surface area contributed by atoms with E-state index in [1.807, 2.05) is 43.5 Å². The summed E-state index contributed by atoms with van der Waals surface area (Å²) < 4.78 is 5.68. The number of aryl methyl sites for hydroxylation is 1. The fraction of sp³-hybridized carbons (Fsp3) is 0.316.